The van der Waals surface area contributed by atoms with E-state index in [1.54, 1.807) is 18.2 Å². The zero-order valence-electron chi connectivity index (χ0n) is 9.71. The molecule has 0 radical (unpaired) electrons. The first-order valence-electron chi connectivity index (χ1n) is 5.39. The minimum Gasteiger partial charge on any atom is -0.321 e. The number of carbonyl (C=O) groups excluding carboxylic acids is 1. The van der Waals surface area contributed by atoms with E-state index in [4.69, 9.17) is 11.6 Å². The second-order valence-corrected chi connectivity index (χ2v) is 4.35. The molecule has 2 rings (SSSR count). The van der Waals surface area contributed by atoms with E-state index in [0.29, 0.717) is 10.7 Å². The number of rotatable bonds is 2. The third kappa shape index (κ3) is 2.87. The Kier molecular flexibility index (Phi) is 3.63. The van der Waals surface area contributed by atoms with Gasteiger partial charge in [0.25, 0.3) is 5.91 Å². The molecule has 0 atom stereocenters. The van der Waals surface area contributed by atoms with Gasteiger partial charge < -0.3 is 5.32 Å². The summed E-state index contributed by atoms with van der Waals surface area (Å²) in [5.74, 6) is -0.835. The molecule has 0 aliphatic rings. The Labute approximate surface area is 109 Å². The van der Waals surface area contributed by atoms with Crippen molar-refractivity contribution in [3.05, 3.63) is 64.4 Å². The maximum Gasteiger partial charge on any atom is 0.255 e. The normalized spacial score (nSPS) is 10.2. The number of benzene rings is 2. The largest absolute Gasteiger partial charge is 0.321 e. The Bertz CT molecular complexity index is 598. The second-order valence-electron chi connectivity index (χ2n) is 3.95. The van der Waals surface area contributed by atoms with E-state index in [1.165, 1.54) is 18.2 Å². The van der Waals surface area contributed by atoms with Crippen molar-refractivity contribution in [2.75, 3.05) is 5.32 Å². The Morgan fingerprint density at radius 2 is 2.00 bits per heavy atom. The molecule has 2 aromatic rings. The maximum absolute atomic E-state index is 13.0. The number of hydrogen-bond acceptors (Lipinski definition) is 1. The quantitative estimate of drug-likeness (QED) is 0.870. The summed E-state index contributed by atoms with van der Waals surface area (Å²) in [6.07, 6.45) is 0. The molecule has 0 saturated heterocycles. The molecule has 0 aliphatic carbocycles. The van der Waals surface area contributed by atoms with Gasteiger partial charge in [-0.2, -0.15) is 0 Å². The summed E-state index contributed by atoms with van der Waals surface area (Å²) >= 11 is 6.00. The highest BCUT2D eigenvalue weighted by molar-refractivity contribution is 6.34. The average molecular weight is 264 g/mol. The van der Waals surface area contributed by atoms with Crippen molar-refractivity contribution in [1.82, 2.24) is 0 Å². The SMILES string of the molecule is Cc1ccc(NC(=O)c2cccc(F)c2)c(Cl)c1. The van der Waals surface area contributed by atoms with Crippen LogP contribution in [0.4, 0.5) is 10.1 Å². The zero-order chi connectivity index (χ0) is 13.1. The van der Waals surface area contributed by atoms with Gasteiger partial charge in [0.05, 0.1) is 10.7 Å². The lowest BCUT2D eigenvalue weighted by Gasteiger charge is -2.07. The first-order valence-corrected chi connectivity index (χ1v) is 5.77. The van der Waals surface area contributed by atoms with Gasteiger partial charge in [-0.1, -0.05) is 23.7 Å². The molecule has 0 spiro atoms. The monoisotopic (exact) mass is 263 g/mol. The minimum absolute atomic E-state index is 0.256. The zero-order valence-corrected chi connectivity index (χ0v) is 10.5. The topological polar surface area (TPSA) is 29.1 Å². The van der Waals surface area contributed by atoms with E-state index >= 15 is 0 Å². The third-order valence-electron chi connectivity index (χ3n) is 2.46. The van der Waals surface area contributed by atoms with E-state index in [2.05, 4.69) is 5.32 Å². The van der Waals surface area contributed by atoms with E-state index in [-0.39, 0.29) is 11.5 Å². The van der Waals surface area contributed by atoms with Crippen molar-refractivity contribution in [1.29, 1.82) is 0 Å². The molecule has 0 heterocycles. The summed E-state index contributed by atoms with van der Waals surface area (Å²) in [6, 6.07) is 10.8. The average Bonchev–Trinajstić information content (AvgIpc) is 2.32. The molecule has 0 saturated carbocycles. The van der Waals surface area contributed by atoms with Crippen molar-refractivity contribution < 1.29 is 9.18 Å². The van der Waals surface area contributed by atoms with Crippen LogP contribution in [0, 0.1) is 12.7 Å². The van der Waals surface area contributed by atoms with Crippen LogP contribution in [0.3, 0.4) is 0 Å². The lowest BCUT2D eigenvalue weighted by atomic mass is 10.2. The summed E-state index contributed by atoms with van der Waals surface area (Å²) in [6.45, 7) is 1.91. The van der Waals surface area contributed by atoms with Gasteiger partial charge in [0.15, 0.2) is 0 Å². The molecule has 92 valence electrons. The van der Waals surface area contributed by atoms with Gasteiger partial charge in [0, 0.05) is 5.56 Å². The van der Waals surface area contributed by atoms with E-state index < -0.39 is 5.82 Å². The molecule has 2 nitrogen and oxygen atoms in total. The fraction of sp³-hybridized carbons (Fsp3) is 0.0714. The van der Waals surface area contributed by atoms with Gasteiger partial charge in [-0.05, 0) is 42.8 Å². The first kappa shape index (κ1) is 12.6. The summed E-state index contributed by atoms with van der Waals surface area (Å²) in [5, 5.41) is 3.10. The Balaban J connectivity index is 2.21. The molecular formula is C14H11ClFNO. The van der Waals surface area contributed by atoms with Gasteiger partial charge in [0.1, 0.15) is 5.82 Å². The fourth-order valence-corrected chi connectivity index (χ4v) is 1.83. The lowest BCUT2D eigenvalue weighted by Crippen LogP contribution is -2.12. The van der Waals surface area contributed by atoms with Crippen LogP contribution in [0.1, 0.15) is 15.9 Å². The molecule has 0 aromatic heterocycles. The molecule has 0 fully saturated rings. The predicted molar refractivity (Wildman–Crippen MR) is 70.5 cm³/mol. The van der Waals surface area contributed by atoms with Gasteiger partial charge in [-0.15, -0.1) is 0 Å². The molecule has 1 amide bonds. The Morgan fingerprint density at radius 3 is 2.67 bits per heavy atom. The number of nitrogens with one attached hydrogen (secondary N) is 1. The molecule has 0 unspecified atom stereocenters. The van der Waals surface area contributed by atoms with Crippen LogP contribution in [0.2, 0.25) is 5.02 Å². The number of aryl methyl sites for hydroxylation is 1. The van der Waals surface area contributed by atoms with Crippen LogP contribution in [0.25, 0.3) is 0 Å². The summed E-state index contributed by atoms with van der Waals surface area (Å²) < 4.78 is 13.0. The summed E-state index contributed by atoms with van der Waals surface area (Å²) in [5.41, 5.74) is 1.77. The van der Waals surface area contributed by atoms with Crippen LogP contribution in [0.15, 0.2) is 42.5 Å². The Hall–Kier alpha value is -1.87. The molecule has 2 aromatic carbocycles. The van der Waals surface area contributed by atoms with Gasteiger partial charge in [-0.25, -0.2) is 4.39 Å². The minimum atomic E-state index is -0.447. The van der Waals surface area contributed by atoms with E-state index in [0.717, 1.165) is 5.56 Å². The Morgan fingerprint density at radius 1 is 1.22 bits per heavy atom. The van der Waals surface area contributed by atoms with Crippen LogP contribution in [-0.2, 0) is 0 Å². The molecule has 18 heavy (non-hydrogen) atoms. The number of anilines is 1. The number of hydrogen-bond donors (Lipinski definition) is 1. The highest BCUT2D eigenvalue weighted by Crippen LogP contribution is 2.23. The van der Waals surface area contributed by atoms with Gasteiger partial charge >= 0.3 is 0 Å². The highest BCUT2D eigenvalue weighted by Gasteiger charge is 2.09. The van der Waals surface area contributed by atoms with Crippen molar-refractivity contribution >= 4 is 23.2 Å². The smallest absolute Gasteiger partial charge is 0.255 e. The van der Waals surface area contributed by atoms with Crippen molar-refractivity contribution in [3.8, 4) is 0 Å². The van der Waals surface area contributed by atoms with Crippen LogP contribution >= 0.6 is 11.6 Å². The number of carbonyl (C=O) groups is 1. The predicted octanol–water partition coefficient (Wildman–Crippen LogP) is 4.04. The first-order chi connectivity index (χ1) is 8.56. The van der Waals surface area contributed by atoms with Crippen molar-refractivity contribution in [2.45, 2.75) is 6.92 Å². The maximum atomic E-state index is 13.0. The second kappa shape index (κ2) is 5.19. The lowest BCUT2D eigenvalue weighted by molar-refractivity contribution is 0.102. The van der Waals surface area contributed by atoms with Crippen molar-refractivity contribution in [2.24, 2.45) is 0 Å². The van der Waals surface area contributed by atoms with Crippen LogP contribution in [0.5, 0.6) is 0 Å². The van der Waals surface area contributed by atoms with E-state index in [9.17, 15) is 9.18 Å². The number of amides is 1. The summed E-state index contributed by atoms with van der Waals surface area (Å²) in [4.78, 5) is 11.9. The highest BCUT2D eigenvalue weighted by atomic mass is 35.5. The number of halogens is 2. The standard InChI is InChI=1S/C14H11ClFNO/c1-9-5-6-13(12(15)7-9)17-14(18)10-3-2-4-11(16)8-10/h2-8H,1H3,(H,17,18). The van der Waals surface area contributed by atoms with E-state index in [1.807, 2.05) is 13.0 Å². The molecule has 4 heteroatoms. The van der Waals surface area contributed by atoms with Gasteiger partial charge in [-0.3, -0.25) is 4.79 Å². The third-order valence-corrected chi connectivity index (χ3v) is 2.77. The van der Waals surface area contributed by atoms with Crippen LogP contribution in [-0.4, -0.2) is 5.91 Å². The van der Waals surface area contributed by atoms with Crippen molar-refractivity contribution in [3.63, 3.8) is 0 Å². The molecule has 1 N–H and O–H groups in total. The molecule has 0 bridgehead atoms. The molecular weight excluding hydrogens is 253 g/mol. The fourth-order valence-electron chi connectivity index (χ4n) is 1.55. The summed E-state index contributed by atoms with van der Waals surface area (Å²) in [7, 11) is 0. The van der Waals surface area contributed by atoms with Gasteiger partial charge in [0.2, 0.25) is 0 Å². The molecule has 0 aliphatic heterocycles. The van der Waals surface area contributed by atoms with Crippen LogP contribution < -0.4 is 5.32 Å².